The highest BCUT2D eigenvalue weighted by Crippen LogP contribution is 2.30. The number of carbonyl (C=O) groups excluding carboxylic acids is 1. The number of carbonyl (C=O) groups is 1. The van der Waals surface area contributed by atoms with Gasteiger partial charge >= 0.3 is 0 Å². The van der Waals surface area contributed by atoms with Gasteiger partial charge < -0.3 is 14.2 Å². The largest absolute Gasteiger partial charge is 0.378 e. The first-order valence-corrected chi connectivity index (χ1v) is 12.4. The lowest BCUT2D eigenvalue weighted by Crippen LogP contribution is -2.39. The van der Waals surface area contributed by atoms with E-state index in [0.29, 0.717) is 19.2 Å². The number of morpholine rings is 1. The minimum atomic E-state index is -0.281. The summed E-state index contributed by atoms with van der Waals surface area (Å²) in [7, 11) is 0. The average molecular weight is 480 g/mol. The Bertz CT molecular complexity index is 1180. The second-order valence-corrected chi connectivity index (χ2v) is 9.62. The van der Waals surface area contributed by atoms with Gasteiger partial charge in [0.2, 0.25) is 11.9 Å². The van der Waals surface area contributed by atoms with Crippen LogP contribution >= 0.6 is 0 Å². The molecule has 2 N–H and O–H groups in total. The first-order chi connectivity index (χ1) is 17.0. The maximum absolute atomic E-state index is 11.7. The summed E-state index contributed by atoms with van der Waals surface area (Å²) in [6.45, 7) is 9.58. The zero-order valence-corrected chi connectivity index (χ0v) is 20.4. The van der Waals surface area contributed by atoms with Gasteiger partial charge in [-0.1, -0.05) is 18.2 Å². The molecule has 0 aliphatic carbocycles. The van der Waals surface area contributed by atoms with E-state index in [1.165, 1.54) is 5.56 Å². The smallest absolute Gasteiger partial charge is 0.246 e. The van der Waals surface area contributed by atoms with Gasteiger partial charge in [0.15, 0.2) is 5.65 Å². The number of imidazole rings is 1. The standard InChI is InChI=1S/C25H33N7O3/c1-17(2)32-16-26-22-21(27-25(28-23(22)32)31-10-12-35-13-11-31)20-5-3-4-18(14-20)15-30-8-6-19(7-9-30)24(33)29-34/h3-5,14,16-17,19,34H,6-13,15H2,1-2H3,(H,29,33). The highest BCUT2D eigenvalue weighted by molar-refractivity contribution is 5.88. The van der Waals surface area contributed by atoms with Crippen LogP contribution in [0, 0.1) is 5.92 Å². The Balaban J connectivity index is 1.44. The summed E-state index contributed by atoms with van der Waals surface area (Å²) in [5.41, 5.74) is 6.50. The normalized spacial score (nSPS) is 17.9. The molecule has 186 valence electrons. The van der Waals surface area contributed by atoms with Crippen molar-refractivity contribution in [2.24, 2.45) is 5.92 Å². The monoisotopic (exact) mass is 479 g/mol. The zero-order valence-electron chi connectivity index (χ0n) is 20.4. The van der Waals surface area contributed by atoms with Gasteiger partial charge in [-0.25, -0.2) is 15.4 Å². The molecular weight excluding hydrogens is 446 g/mol. The number of nitrogens with zero attached hydrogens (tertiary/aromatic N) is 6. The summed E-state index contributed by atoms with van der Waals surface area (Å²) in [4.78, 5) is 30.9. The van der Waals surface area contributed by atoms with Gasteiger partial charge in [0.1, 0.15) is 11.2 Å². The molecule has 2 aliphatic rings. The van der Waals surface area contributed by atoms with Gasteiger partial charge in [-0.3, -0.25) is 14.9 Å². The quantitative estimate of drug-likeness (QED) is 0.410. The van der Waals surface area contributed by atoms with Crippen molar-refractivity contribution >= 4 is 23.0 Å². The summed E-state index contributed by atoms with van der Waals surface area (Å²) in [5, 5.41) is 8.90. The van der Waals surface area contributed by atoms with Gasteiger partial charge in [0.05, 0.1) is 19.5 Å². The van der Waals surface area contributed by atoms with Crippen LogP contribution in [0.3, 0.4) is 0 Å². The molecular formula is C25H33N7O3. The maximum Gasteiger partial charge on any atom is 0.246 e. The Kier molecular flexibility index (Phi) is 6.94. The Morgan fingerprint density at radius 3 is 2.66 bits per heavy atom. The third-order valence-electron chi connectivity index (χ3n) is 6.94. The number of hydroxylamine groups is 1. The number of amides is 1. The third kappa shape index (κ3) is 5.00. The molecule has 35 heavy (non-hydrogen) atoms. The number of fused-ring (bicyclic) bond motifs is 1. The van der Waals surface area contributed by atoms with Crippen LogP contribution in [0.25, 0.3) is 22.4 Å². The van der Waals surface area contributed by atoms with Crippen molar-refractivity contribution in [3.63, 3.8) is 0 Å². The van der Waals surface area contributed by atoms with Crippen LogP contribution in [-0.4, -0.2) is 74.9 Å². The molecule has 2 fully saturated rings. The fourth-order valence-corrected chi connectivity index (χ4v) is 4.91. The van der Waals surface area contributed by atoms with Crippen molar-refractivity contribution in [2.75, 3.05) is 44.3 Å². The van der Waals surface area contributed by atoms with Gasteiger partial charge in [-0.15, -0.1) is 0 Å². The van der Waals surface area contributed by atoms with Crippen molar-refractivity contribution in [2.45, 2.75) is 39.3 Å². The SMILES string of the molecule is CC(C)n1cnc2c(-c3cccc(CN4CCC(C(=O)NO)CC4)c3)nc(N3CCOCC3)nc21. The highest BCUT2D eigenvalue weighted by Gasteiger charge is 2.25. The van der Waals surface area contributed by atoms with Crippen LogP contribution in [0.1, 0.15) is 38.3 Å². The first-order valence-electron chi connectivity index (χ1n) is 12.4. The summed E-state index contributed by atoms with van der Waals surface area (Å²) in [6.07, 6.45) is 3.34. The maximum atomic E-state index is 11.7. The number of aromatic nitrogens is 4. The van der Waals surface area contributed by atoms with Crippen molar-refractivity contribution in [3.05, 3.63) is 36.2 Å². The minimum absolute atomic E-state index is 0.119. The molecule has 4 heterocycles. The second-order valence-electron chi connectivity index (χ2n) is 9.62. The number of nitrogens with one attached hydrogen (secondary N) is 1. The van der Waals surface area contributed by atoms with Crippen molar-refractivity contribution in [3.8, 4) is 11.3 Å². The van der Waals surface area contributed by atoms with E-state index in [1.807, 2.05) is 6.33 Å². The van der Waals surface area contributed by atoms with E-state index in [9.17, 15) is 4.79 Å². The number of anilines is 1. The van der Waals surface area contributed by atoms with Crippen LogP contribution in [0.4, 0.5) is 5.95 Å². The molecule has 10 heteroatoms. The van der Waals surface area contributed by atoms with Gasteiger partial charge in [-0.2, -0.15) is 4.98 Å². The number of piperidine rings is 1. The predicted octanol–water partition coefficient (Wildman–Crippen LogP) is 2.63. The molecule has 3 aromatic rings. The summed E-state index contributed by atoms with van der Waals surface area (Å²) in [5.74, 6) is 0.315. The van der Waals surface area contributed by atoms with Crippen LogP contribution < -0.4 is 10.4 Å². The Hall–Kier alpha value is -3.08. The molecule has 5 rings (SSSR count). The molecule has 0 bridgehead atoms. The lowest BCUT2D eigenvalue weighted by molar-refractivity contribution is -0.134. The van der Waals surface area contributed by atoms with E-state index in [0.717, 1.165) is 68.0 Å². The molecule has 1 aromatic carbocycles. The topological polar surface area (TPSA) is 109 Å². The molecule has 0 unspecified atom stereocenters. The number of hydrogen-bond donors (Lipinski definition) is 2. The lowest BCUT2D eigenvalue weighted by Gasteiger charge is -2.30. The van der Waals surface area contributed by atoms with Crippen LogP contribution in [-0.2, 0) is 16.1 Å². The van der Waals surface area contributed by atoms with E-state index >= 15 is 0 Å². The molecule has 0 radical (unpaired) electrons. The van der Waals surface area contributed by atoms with E-state index < -0.39 is 0 Å². The van der Waals surface area contributed by atoms with E-state index in [-0.39, 0.29) is 17.9 Å². The summed E-state index contributed by atoms with van der Waals surface area (Å²) >= 11 is 0. The highest BCUT2D eigenvalue weighted by atomic mass is 16.5. The van der Waals surface area contributed by atoms with Gasteiger partial charge in [-0.05, 0) is 51.4 Å². The molecule has 1 amide bonds. The third-order valence-corrected chi connectivity index (χ3v) is 6.94. The Morgan fingerprint density at radius 2 is 1.94 bits per heavy atom. The fraction of sp³-hybridized carbons (Fsp3) is 0.520. The average Bonchev–Trinajstić information content (AvgIpc) is 3.33. The number of hydrogen-bond acceptors (Lipinski definition) is 8. The van der Waals surface area contributed by atoms with E-state index in [2.05, 4.69) is 52.5 Å². The fourth-order valence-electron chi connectivity index (χ4n) is 4.91. The van der Waals surface area contributed by atoms with Gasteiger partial charge in [0, 0.05) is 37.2 Å². The molecule has 10 nitrogen and oxygen atoms in total. The first kappa shape index (κ1) is 23.7. The Morgan fingerprint density at radius 1 is 1.17 bits per heavy atom. The molecule has 0 spiro atoms. The van der Waals surface area contributed by atoms with Crippen LogP contribution in [0.15, 0.2) is 30.6 Å². The summed E-state index contributed by atoms with van der Waals surface area (Å²) < 4.78 is 7.63. The van der Waals surface area contributed by atoms with Crippen LogP contribution in [0.5, 0.6) is 0 Å². The van der Waals surface area contributed by atoms with Crippen molar-refractivity contribution in [1.29, 1.82) is 0 Å². The molecule has 2 saturated heterocycles. The van der Waals surface area contributed by atoms with Crippen molar-refractivity contribution < 1.29 is 14.7 Å². The van der Waals surface area contributed by atoms with Gasteiger partial charge in [0.25, 0.3) is 0 Å². The second kappa shape index (κ2) is 10.3. The van der Waals surface area contributed by atoms with E-state index in [1.54, 1.807) is 5.48 Å². The molecule has 0 saturated carbocycles. The lowest BCUT2D eigenvalue weighted by atomic mass is 9.95. The minimum Gasteiger partial charge on any atom is -0.378 e. The van der Waals surface area contributed by atoms with E-state index in [4.69, 9.17) is 24.9 Å². The number of benzene rings is 1. The molecule has 2 aliphatic heterocycles. The zero-order chi connectivity index (χ0) is 24.4. The van der Waals surface area contributed by atoms with Crippen LogP contribution in [0.2, 0.25) is 0 Å². The molecule has 0 atom stereocenters. The molecule has 2 aromatic heterocycles. The number of rotatable bonds is 6. The predicted molar refractivity (Wildman–Crippen MR) is 132 cm³/mol. The van der Waals surface area contributed by atoms with Crippen molar-refractivity contribution in [1.82, 2.24) is 29.9 Å². The Labute approximate surface area is 204 Å². The summed E-state index contributed by atoms with van der Waals surface area (Å²) in [6, 6.07) is 8.71. The number of likely N-dealkylation sites (tertiary alicyclic amines) is 1. The number of ether oxygens (including phenoxy) is 1.